The van der Waals surface area contributed by atoms with Gasteiger partial charge >= 0.3 is 5.97 Å². The Kier molecular flexibility index (Phi) is 12.6. The monoisotopic (exact) mass is 571 g/mol. The topological polar surface area (TPSA) is 26.3 Å². The molecule has 4 rings (SSSR count). The first-order valence-electron chi connectivity index (χ1n) is 18.9. The summed E-state index contributed by atoms with van der Waals surface area (Å²) in [4.78, 5) is 13.2. The molecule has 4 aliphatic carbocycles. The molecule has 0 bridgehead atoms. The Morgan fingerprint density at radius 3 is 2.17 bits per heavy atom. The second kappa shape index (κ2) is 15.5. The molecule has 0 aromatic carbocycles. The molecular weight excluding hydrogens is 500 g/mol. The minimum absolute atomic E-state index is 0.110. The van der Waals surface area contributed by atoms with Crippen LogP contribution in [0.25, 0.3) is 0 Å². The number of ether oxygens (including phenoxy) is 1. The highest BCUT2D eigenvalue weighted by molar-refractivity contribution is 5.69. The normalized spacial score (nSPS) is 37.3. The van der Waals surface area contributed by atoms with Crippen molar-refractivity contribution in [1.29, 1.82) is 0 Å². The summed E-state index contributed by atoms with van der Waals surface area (Å²) in [5.74, 6) is 6.02. The maximum Gasteiger partial charge on any atom is 0.306 e. The van der Waals surface area contributed by atoms with E-state index in [4.69, 9.17) is 4.74 Å². The van der Waals surface area contributed by atoms with Crippen molar-refractivity contribution in [2.45, 2.75) is 189 Å². The minimum Gasteiger partial charge on any atom is -0.462 e. The largest absolute Gasteiger partial charge is 0.462 e. The predicted molar refractivity (Wildman–Crippen MR) is 175 cm³/mol. The van der Waals surface area contributed by atoms with Crippen LogP contribution in [0.4, 0.5) is 0 Å². The minimum atomic E-state index is 0.110. The van der Waals surface area contributed by atoms with Gasteiger partial charge < -0.3 is 4.74 Å². The highest BCUT2D eigenvalue weighted by atomic mass is 16.5. The quantitative estimate of drug-likeness (QED) is 0.136. The van der Waals surface area contributed by atoms with Crippen LogP contribution in [-0.2, 0) is 9.53 Å². The Morgan fingerprint density at radius 1 is 0.756 bits per heavy atom. The number of esters is 1. The molecule has 2 unspecified atom stereocenters. The molecule has 4 saturated carbocycles. The van der Waals surface area contributed by atoms with Gasteiger partial charge in [-0.05, 0) is 111 Å². The van der Waals surface area contributed by atoms with Crippen molar-refractivity contribution in [2.24, 2.45) is 52.3 Å². The Morgan fingerprint density at radius 2 is 1.46 bits per heavy atom. The number of carbonyl (C=O) groups is 1. The fourth-order valence-corrected chi connectivity index (χ4v) is 11.3. The molecule has 0 spiro atoms. The molecule has 0 saturated heterocycles. The van der Waals surface area contributed by atoms with Crippen molar-refractivity contribution < 1.29 is 9.53 Å². The van der Waals surface area contributed by atoms with Crippen LogP contribution in [-0.4, -0.2) is 12.1 Å². The number of rotatable bonds is 16. The molecule has 0 radical (unpaired) electrons. The van der Waals surface area contributed by atoms with E-state index in [9.17, 15) is 4.79 Å². The molecule has 0 aromatic heterocycles. The molecule has 2 nitrogen and oxygen atoms in total. The van der Waals surface area contributed by atoms with Gasteiger partial charge in [0.25, 0.3) is 0 Å². The zero-order chi connectivity index (χ0) is 29.5. The van der Waals surface area contributed by atoms with Crippen LogP contribution in [0.5, 0.6) is 0 Å². The van der Waals surface area contributed by atoms with Crippen LogP contribution >= 0.6 is 0 Å². The van der Waals surface area contributed by atoms with E-state index in [1.165, 1.54) is 122 Å². The molecule has 0 N–H and O–H groups in total. The van der Waals surface area contributed by atoms with Gasteiger partial charge in [-0.3, -0.25) is 4.79 Å². The van der Waals surface area contributed by atoms with Gasteiger partial charge in [-0.15, -0.1) is 0 Å². The lowest BCUT2D eigenvalue weighted by Gasteiger charge is -2.62. The number of hydrogen-bond donors (Lipinski definition) is 0. The van der Waals surface area contributed by atoms with E-state index in [-0.39, 0.29) is 17.5 Å². The van der Waals surface area contributed by atoms with E-state index < -0.39 is 0 Å². The standard InChI is InChI=1S/C39H70O2/c1-7-8-9-10-11-12-13-14-15-22-37(40)41-36-21-17-20-31-23-24-32-34-26-25-33(30(4)19-16-18-29(2)3)38(34,5)28-27-35(32)39(31,36)6/h29-36H,7-28H2,1-6H3/t30-,31?,32+,33-,34+,35+,36?,38-,39+/m1/s1. The summed E-state index contributed by atoms with van der Waals surface area (Å²) in [6, 6.07) is 0. The van der Waals surface area contributed by atoms with E-state index in [2.05, 4.69) is 41.5 Å². The predicted octanol–water partition coefficient (Wildman–Crippen LogP) is 11.9. The van der Waals surface area contributed by atoms with Crippen LogP contribution in [0.15, 0.2) is 0 Å². The van der Waals surface area contributed by atoms with Crippen molar-refractivity contribution >= 4 is 5.97 Å². The molecule has 0 amide bonds. The van der Waals surface area contributed by atoms with E-state index in [0.717, 1.165) is 54.3 Å². The number of carbonyl (C=O) groups excluding carboxylic acids is 1. The smallest absolute Gasteiger partial charge is 0.306 e. The molecule has 41 heavy (non-hydrogen) atoms. The van der Waals surface area contributed by atoms with E-state index in [0.29, 0.717) is 11.8 Å². The third-order valence-electron chi connectivity index (χ3n) is 13.6. The Bertz CT molecular complexity index is 788. The van der Waals surface area contributed by atoms with Crippen molar-refractivity contribution in [3.8, 4) is 0 Å². The van der Waals surface area contributed by atoms with E-state index in [1.54, 1.807) is 0 Å². The van der Waals surface area contributed by atoms with E-state index >= 15 is 0 Å². The van der Waals surface area contributed by atoms with Crippen LogP contribution in [0.2, 0.25) is 0 Å². The van der Waals surface area contributed by atoms with Gasteiger partial charge in [0.1, 0.15) is 6.10 Å². The van der Waals surface area contributed by atoms with Gasteiger partial charge in [-0.2, -0.15) is 0 Å². The lowest BCUT2D eigenvalue weighted by Crippen LogP contribution is -2.58. The van der Waals surface area contributed by atoms with Gasteiger partial charge in [0.15, 0.2) is 0 Å². The maximum atomic E-state index is 13.2. The fourth-order valence-electron chi connectivity index (χ4n) is 11.3. The van der Waals surface area contributed by atoms with Crippen LogP contribution in [0.1, 0.15) is 183 Å². The number of fused-ring (bicyclic) bond motifs is 5. The number of unbranched alkanes of at least 4 members (excludes halogenated alkanes) is 8. The molecule has 0 heterocycles. The van der Waals surface area contributed by atoms with Crippen molar-refractivity contribution in [3.63, 3.8) is 0 Å². The lowest BCUT2D eigenvalue weighted by atomic mass is 9.44. The summed E-state index contributed by atoms with van der Waals surface area (Å²) in [5, 5.41) is 0. The Labute approximate surface area is 256 Å². The average molecular weight is 571 g/mol. The third kappa shape index (κ3) is 7.77. The highest BCUT2D eigenvalue weighted by Gasteiger charge is 2.62. The first-order valence-corrected chi connectivity index (χ1v) is 18.9. The summed E-state index contributed by atoms with van der Waals surface area (Å²) >= 11 is 0. The van der Waals surface area contributed by atoms with Crippen molar-refractivity contribution in [3.05, 3.63) is 0 Å². The average Bonchev–Trinajstić information content (AvgIpc) is 3.29. The Balaban J connectivity index is 1.31. The third-order valence-corrected chi connectivity index (χ3v) is 13.6. The summed E-state index contributed by atoms with van der Waals surface area (Å²) in [6.07, 6.45) is 29.0. The summed E-state index contributed by atoms with van der Waals surface area (Å²) < 4.78 is 6.51. The molecule has 2 heteroatoms. The summed E-state index contributed by atoms with van der Waals surface area (Å²) in [7, 11) is 0. The van der Waals surface area contributed by atoms with Gasteiger partial charge in [0.2, 0.25) is 0 Å². The molecule has 0 aliphatic heterocycles. The van der Waals surface area contributed by atoms with E-state index in [1.807, 2.05) is 0 Å². The van der Waals surface area contributed by atoms with Crippen LogP contribution in [0, 0.1) is 52.3 Å². The van der Waals surface area contributed by atoms with Crippen LogP contribution in [0.3, 0.4) is 0 Å². The van der Waals surface area contributed by atoms with Gasteiger partial charge in [0, 0.05) is 11.8 Å². The fraction of sp³-hybridized carbons (Fsp3) is 0.974. The van der Waals surface area contributed by atoms with Gasteiger partial charge in [-0.1, -0.05) is 112 Å². The SMILES string of the molecule is CCCCCCCCCCCC(=O)OC1CCCC2CC[C@@H]3[C@H](CC[C@]4(C)[C@@H]([C@H](C)CCCC(C)C)CC[C@@H]34)[C@]21C. The summed E-state index contributed by atoms with van der Waals surface area (Å²) in [5.41, 5.74) is 0.746. The second-order valence-electron chi connectivity index (χ2n) is 16.5. The molecule has 0 aromatic rings. The van der Waals surface area contributed by atoms with Crippen molar-refractivity contribution in [2.75, 3.05) is 0 Å². The highest BCUT2D eigenvalue weighted by Crippen LogP contribution is 2.68. The second-order valence-corrected chi connectivity index (χ2v) is 16.5. The molecule has 4 fully saturated rings. The first kappa shape index (κ1) is 33.4. The van der Waals surface area contributed by atoms with Gasteiger partial charge in [-0.25, -0.2) is 0 Å². The molecule has 4 aliphatic rings. The van der Waals surface area contributed by atoms with Crippen LogP contribution < -0.4 is 0 Å². The van der Waals surface area contributed by atoms with Gasteiger partial charge in [0.05, 0.1) is 0 Å². The maximum absolute atomic E-state index is 13.2. The zero-order valence-electron chi connectivity index (χ0n) is 28.5. The molecule has 9 atom stereocenters. The summed E-state index contributed by atoms with van der Waals surface area (Å²) in [6.45, 7) is 14.9. The lowest BCUT2D eigenvalue weighted by molar-refractivity contribution is -0.192. The zero-order valence-corrected chi connectivity index (χ0v) is 28.5. The Hall–Kier alpha value is -0.530. The molecular formula is C39H70O2. The first-order chi connectivity index (χ1) is 19.7. The molecule has 238 valence electrons. The number of hydrogen-bond acceptors (Lipinski definition) is 2. The van der Waals surface area contributed by atoms with Crippen molar-refractivity contribution in [1.82, 2.24) is 0 Å².